The van der Waals surface area contributed by atoms with Crippen molar-refractivity contribution in [2.24, 2.45) is 10.7 Å². The van der Waals surface area contributed by atoms with Crippen molar-refractivity contribution in [3.05, 3.63) is 92.5 Å². The summed E-state index contributed by atoms with van der Waals surface area (Å²) < 4.78 is 39.6. The third kappa shape index (κ3) is 14.4. The van der Waals surface area contributed by atoms with Crippen molar-refractivity contribution in [3.63, 3.8) is 0 Å². The fourth-order valence-corrected chi connectivity index (χ4v) is 9.02. The molecule has 20 heteroatoms. The number of non-ortho nitro benzene ring substituents is 1. The number of hydrazine groups is 1. The average Bonchev–Trinajstić information content (AvgIpc) is 3.67. The summed E-state index contributed by atoms with van der Waals surface area (Å²) in [7, 11) is -3.80. The van der Waals surface area contributed by atoms with Crippen molar-refractivity contribution >= 4 is 51.2 Å². The Labute approximate surface area is 387 Å². The van der Waals surface area contributed by atoms with Crippen LogP contribution in [-0.4, -0.2) is 103 Å². The van der Waals surface area contributed by atoms with Gasteiger partial charge in [0.15, 0.2) is 0 Å². The number of aryl methyl sites for hydroxylation is 1. The van der Waals surface area contributed by atoms with Crippen molar-refractivity contribution < 1.29 is 42.0 Å². The molecule has 3 aromatic rings. The molecule has 0 radical (unpaired) electrons. The number of hydrogen-bond acceptors (Lipinski definition) is 12. The molecule has 3 heterocycles. The number of nitro groups is 1. The SMILES string of the molecule is CC(C)(C)OC(=O)NC1CCN2CCC(C(=O)NCC(=O)Nc3ccc([N+](=O)[O-])cc3)N2C1=O.CCCN=C(N)NS(=O)(=O)c1c(C)c(C)c2c(c1C)CCC(C)(C)O2.Cc1ccccc1. The molecule has 2 fully saturated rings. The molecule has 3 aliphatic rings. The molecule has 3 aromatic carbocycles. The molecule has 0 aromatic heterocycles. The number of guanidine groups is 1. The Balaban J connectivity index is 0.000000259. The lowest BCUT2D eigenvalue weighted by Gasteiger charge is -2.39. The van der Waals surface area contributed by atoms with Crippen LogP contribution < -0.4 is 31.1 Å². The van der Waals surface area contributed by atoms with Crippen LogP contribution in [0.3, 0.4) is 0 Å². The molecule has 360 valence electrons. The number of nitrogens with zero attached hydrogens (tertiary/aromatic N) is 4. The zero-order valence-electron chi connectivity index (χ0n) is 39.6. The van der Waals surface area contributed by atoms with E-state index in [0.717, 1.165) is 41.7 Å². The van der Waals surface area contributed by atoms with Crippen molar-refractivity contribution in [2.75, 3.05) is 31.5 Å². The van der Waals surface area contributed by atoms with Gasteiger partial charge in [-0.15, -0.1) is 0 Å². The second-order valence-electron chi connectivity index (χ2n) is 17.9. The lowest BCUT2D eigenvalue weighted by atomic mass is 9.88. The lowest BCUT2D eigenvalue weighted by Crippen LogP contribution is -2.62. The van der Waals surface area contributed by atoms with Crippen molar-refractivity contribution in [1.29, 1.82) is 0 Å². The average molecular weight is 936 g/mol. The number of hydrogen-bond donors (Lipinski definition) is 5. The van der Waals surface area contributed by atoms with Crippen LogP contribution in [0.15, 0.2) is 64.5 Å². The zero-order valence-corrected chi connectivity index (χ0v) is 40.4. The van der Waals surface area contributed by atoms with E-state index in [0.29, 0.717) is 43.7 Å². The molecule has 2 saturated heterocycles. The molecular formula is C46H65N9O10S. The highest BCUT2D eigenvalue weighted by Crippen LogP contribution is 2.42. The summed E-state index contributed by atoms with van der Waals surface area (Å²) in [6, 6.07) is 13.9. The Hall–Kier alpha value is -6.28. The van der Waals surface area contributed by atoms with Crippen LogP contribution >= 0.6 is 0 Å². The molecule has 6 rings (SSSR count). The number of rotatable bonds is 10. The minimum atomic E-state index is -3.80. The smallest absolute Gasteiger partial charge is 0.408 e. The monoisotopic (exact) mass is 935 g/mol. The molecule has 66 heavy (non-hydrogen) atoms. The first-order valence-corrected chi connectivity index (χ1v) is 23.4. The van der Waals surface area contributed by atoms with Gasteiger partial charge in [0.05, 0.1) is 16.4 Å². The Kier molecular flexibility index (Phi) is 17.7. The van der Waals surface area contributed by atoms with Gasteiger partial charge in [-0.05, 0) is 129 Å². The predicted molar refractivity (Wildman–Crippen MR) is 251 cm³/mol. The first kappa shape index (κ1) is 52.3. The fraction of sp³-hybridized carbons (Fsp3) is 0.500. The van der Waals surface area contributed by atoms with E-state index in [-0.39, 0.29) is 28.7 Å². The minimum Gasteiger partial charge on any atom is -0.487 e. The van der Waals surface area contributed by atoms with Gasteiger partial charge in [0, 0.05) is 37.5 Å². The number of carbonyl (C=O) groups is 4. The van der Waals surface area contributed by atoms with Gasteiger partial charge >= 0.3 is 6.09 Å². The van der Waals surface area contributed by atoms with E-state index in [1.54, 1.807) is 25.8 Å². The van der Waals surface area contributed by atoms with E-state index in [1.165, 1.54) is 34.8 Å². The second kappa shape index (κ2) is 22.3. The number of aliphatic imine (C=N–C) groups is 1. The standard InChI is InChI=1S/C21H28N6O7.C18H29N3O3S.C7H8/c1-21(2,3)34-20(31)24-15-8-10-25-11-9-16(26(25)19(15)30)18(29)22-12-17(28)23-13-4-6-14(7-5-13)27(32)33;1-7-10-20-17(19)21-25(22,23)16-12(3)11(2)15-14(13(16)4)8-9-18(5,6)24-15;1-7-5-3-2-4-6-7/h4-7,15-16H,8-12H2,1-3H3,(H,22,29)(H,23,28)(H,24,31);7-10H2,1-6H3,(H3,19,20,21);2-6H,1H3. The van der Waals surface area contributed by atoms with Gasteiger partial charge < -0.3 is 31.2 Å². The highest BCUT2D eigenvalue weighted by molar-refractivity contribution is 7.90. The maximum absolute atomic E-state index is 13.0. The molecule has 19 nitrogen and oxygen atoms in total. The van der Waals surface area contributed by atoms with Crippen molar-refractivity contribution in [3.8, 4) is 5.75 Å². The van der Waals surface area contributed by atoms with E-state index in [9.17, 15) is 37.7 Å². The minimum absolute atomic E-state index is 0.0755. The Morgan fingerprint density at radius 3 is 2.20 bits per heavy atom. The third-order valence-corrected chi connectivity index (χ3v) is 12.5. The number of nitro benzene ring substituents is 1. The maximum atomic E-state index is 13.0. The number of amides is 4. The summed E-state index contributed by atoms with van der Waals surface area (Å²) in [6.45, 7) is 20.0. The molecule has 0 bridgehead atoms. The van der Waals surface area contributed by atoms with Gasteiger partial charge in [0.2, 0.25) is 17.8 Å². The third-order valence-electron chi connectivity index (χ3n) is 10.9. The number of ether oxygens (including phenoxy) is 2. The first-order valence-electron chi connectivity index (χ1n) is 21.9. The molecule has 3 aliphatic heterocycles. The number of carbonyl (C=O) groups excluding carboxylic acids is 4. The Morgan fingerprint density at radius 2 is 1.62 bits per heavy atom. The number of alkyl carbamates (subject to hydrolysis) is 1. The normalized spacial score (nSPS) is 17.8. The number of nitrogens with two attached hydrogens (primary N) is 1. The van der Waals surface area contributed by atoms with Crippen LogP contribution in [0.5, 0.6) is 5.75 Å². The van der Waals surface area contributed by atoms with E-state index >= 15 is 0 Å². The summed E-state index contributed by atoms with van der Waals surface area (Å²) >= 11 is 0. The quantitative estimate of drug-likeness (QED) is 0.0734. The summed E-state index contributed by atoms with van der Waals surface area (Å²) in [6.07, 6.45) is 2.50. The van der Waals surface area contributed by atoms with Crippen molar-refractivity contribution in [1.82, 2.24) is 25.4 Å². The highest BCUT2D eigenvalue weighted by atomic mass is 32.2. The lowest BCUT2D eigenvalue weighted by molar-refractivity contribution is -0.384. The van der Waals surface area contributed by atoms with Gasteiger partial charge in [-0.3, -0.25) is 34.5 Å². The van der Waals surface area contributed by atoms with Gasteiger partial charge in [0.1, 0.15) is 29.0 Å². The van der Waals surface area contributed by atoms with Gasteiger partial charge in [-0.25, -0.2) is 22.9 Å². The summed E-state index contributed by atoms with van der Waals surface area (Å²) in [5, 5.41) is 21.4. The largest absolute Gasteiger partial charge is 0.487 e. The molecule has 0 spiro atoms. The van der Waals surface area contributed by atoms with Crippen LogP contribution in [0.2, 0.25) is 0 Å². The van der Waals surface area contributed by atoms with Crippen LogP contribution in [0.4, 0.5) is 16.2 Å². The van der Waals surface area contributed by atoms with Crippen LogP contribution in [0.25, 0.3) is 0 Å². The molecular weight excluding hydrogens is 871 g/mol. The molecule has 4 amide bonds. The van der Waals surface area contributed by atoms with E-state index in [2.05, 4.69) is 58.6 Å². The van der Waals surface area contributed by atoms with E-state index < -0.39 is 56.4 Å². The Morgan fingerprint density at radius 1 is 0.985 bits per heavy atom. The highest BCUT2D eigenvalue weighted by Gasteiger charge is 2.46. The fourth-order valence-electron chi connectivity index (χ4n) is 7.49. The van der Waals surface area contributed by atoms with Crippen LogP contribution in [-0.2, 0) is 35.6 Å². The van der Waals surface area contributed by atoms with E-state index in [4.69, 9.17) is 15.2 Å². The van der Waals surface area contributed by atoms with Gasteiger partial charge in [-0.1, -0.05) is 42.8 Å². The molecule has 2 atom stereocenters. The number of sulfonamides is 1. The summed E-state index contributed by atoms with van der Waals surface area (Å²) in [5.74, 6) is -0.685. The number of nitrogens with one attached hydrogen (secondary N) is 4. The maximum Gasteiger partial charge on any atom is 0.408 e. The Bertz CT molecular complexity index is 2390. The van der Waals surface area contributed by atoms with Gasteiger partial charge in [-0.2, -0.15) is 0 Å². The second-order valence-corrected chi connectivity index (χ2v) is 19.5. The molecule has 0 saturated carbocycles. The molecule has 0 aliphatic carbocycles. The first-order chi connectivity index (χ1) is 30.8. The van der Waals surface area contributed by atoms with Gasteiger partial charge in [0.25, 0.3) is 21.6 Å². The zero-order chi connectivity index (χ0) is 49.1. The summed E-state index contributed by atoms with van der Waals surface area (Å²) in [5.41, 5.74) is 9.57. The number of benzene rings is 3. The topological polar surface area (TPSA) is 257 Å². The van der Waals surface area contributed by atoms with E-state index in [1.807, 2.05) is 45.9 Å². The predicted octanol–water partition coefficient (Wildman–Crippen LogP) is 5.48. The van der Waals surface area contributed by atoms with Crippen molar-refractivity contribution in [2.45, 2.75) is 130 Å². The molecule has 2 unspecified atom stereocenters. The number of anilines is 1. The van der Waals surface area contributed by atoms with Crippen LogP contribution in [0, 0.1) is 37.8 Å². The number of fused-ring (bicyclic) bond motifs is 2. The molecule has 6 N–H and O–H groups in total. The summed E-state index contributed by atoms with van der Waals surface area (Å²) in [4.78, 5) is 64.4. The van der Waals surface area contributed by atoms with Crippen LogP contribution in [0.1, 0.15) is 95.0 Å².